The fourth-order valence-electron chi connectivity index (χ4n) is 3.25. The molecule has 1 aliphatic rings. The summed E-state index contributed by atoms with van der Waals surface area (Å²) in [7, 11) is 5.18. The van der Waals surface area contributed by atoms with E-state index in [1.807, 2.05) is 7.05 Å². The lowest BCUT2D eigenvalue weighted by Gasteiger charge is -2.20. The van der Waals surface area contributed by atoms with E-state index in [1.165, 1.54) is 12.4 Å². The van der Waals surface area contributed by atoms with Crippen molar-refractivity contribution in [2.75, 3.05) is 19.4 Å². The highest BCUT2D eigenvalue weighted by molar-refractivity contribution is 5.94. The molecule has 2 aromatic rings. The summed E-state index contributed by atoms with van der Waals surface area (Å²) >= 11 is 0. The topological polar surface area (TPSA) is 138 Å². The number of nitrogens with one attached hydrogen (secondary N) is 2. The van der Waals surface area contributed by atoms with Gasteiger partial charge in [0.15, 0.2) is 5.82 Å². The van der Waals surface area contributed by atoms with E-state index in [0.29, 0.717) is 36.7 Å². The smallest absolute Gasteiger partial charge is 0.254 e. The quantitative estimate of drug-likeness (QED) is 0.583. The molecule has 0 unspecified atom stereocenters. The Labute approximate surface area is 162 Å². The zero-order chi connectivity index (χ0) is 20.3. The number of carbonyl (C=O) groups is 2. The van der Waals surface area contributed by atoms with Crippen molar-refractivity contribution >= 4 is 17.8 Å². The predicted octanol–water partition coefficient (Wildman–Crippen LogP) is -0.825. The van der Waals surface area contributed by atoms with Gasteiger partial charge in [0.05, 0.1) is 24.3 Å². The fraction of sp³-hybridized carbons (Fsp3) is 0.529. The molecule has 3 N–H and O–H groups in total. The first-order valence-electron chi connectivity index (χ1n) is 8.95. The summed E-state index contributed by atoms with van der Waals surface area (Å²) < 4.78 is 1.75. The molecule has 1 aliphatic carbocycles. The summed E-state index contributed by atoms with van der Waals surface area (Å²) in [6, 6.07) is -0.506. The summed E-state index contributed by atoms with van der Waals surface area (Å²) in [4.78, 5) is 34.7. The van der Waals surface area contributed by atoms with E-state index < -0.39 is 12.1 Å². The molecule has 3 rings (SSSR count). The van der Waals surface area contributed by atoms with Crippen LogP contribution in [0.2, 0.25) is 0 Å². The SMILES string of the molecule is CNc1ncc(C(=O)N[C@@H]2C[C@H](C(=O)N(C)Cc3nncn3C)C[C@H]2O)cn1. The maximum Gasteiger partial charge on any atom is 0.254 e. The second kappa shape index (κ2) is 8.30. The summed E-state index contributed by atoms with van der Waals surface area (Å²) in [6.07, 6.45) is 4.26. The number of aromatic nitrogens is 5. The Morgan fingerprint density at radius 1 is 1.32 bits per heavy atom. The minimum atomic E-state index is -0.793. The lowest BCUT2D eigenvalue weighted by Crippen LogP contribution is -2.40. The molecule has 0 bridgehead atoms. The number of rotatable bonds is 6. The van der Waals surface area contributed by atoms with Crippen molar-refractivity contribution in [2.45, 2.75) is 31.5 Å². The van der Waals surface area contributed by atoms with Crippen LogP contribution in [0, 0.1) is 5.92 Å². The lowest BCUT2D eigenvalue weighted by molar-refractivity contribution is -0.134. The highest BCUT2D eigenvalue weighted by Gasteiger charge is 2.39. The van der Waals surface area contributed by atoms with Crippen molar-refractivity contribution in [2.24, 2.45) is 13.0 Å². The average molecular weight is 388 g/mol. The molecule has 28 heavy (non-hydrogen) atoms. The Balaban J connectivity index is 1.57. The van der Waals surface area contributed by atoms with Gasteiger partial charge in [-0.1, -0.05) is 0 Å². The van der Waals surface area contributed by atoms with Gasteiger partial charge in [-0.3, -0.25) is 9.59 Å². The molecule has 2 amide bonds. The number of anilines is 1. The standard InChI is InChI=1S/C17H24N8O3/c1-18-17-19-6-11(7-20-17)15(27)22-12-4-10(5-13(12)26)16(28)24(2)8-14-23-21-9-25(14)3/h6-7,9-10,12-13,26H,4-5,8H2,1-3H3,(H,22,27)(H,18,19,20)/t10-,12+,13+/m0/s1. The van der Waals surface area contributed by atoms with E-state index >= 15 is 0 Å². The Morgan fingerprint density at radius 3 is 2.64 bits per heavy atom. The Bertz CT molecular complexity index is 837. The molecule has 1 saturated carbocycles. The highest BCUT2D eigenvalue weighted by atomic mass is 16.3. The van der Waals surface area contributed by atoms with Gasteiger partial charge < -0.3 is 25.2 Å². The molecular formula is C17H24N8O3. The van der Waals surface area contributed by atoms with Crippen LogP contribution < -0.4 is 10.6 Å². The van der Waals surface area contributed by atoms with Crippen LogP contribution in [0.5, 0.6) is 0 Å². The molecule has 0 aliphatic heterocycles. The van der Waals surface area contributed by atoms with Crippen molar-refractivity contribution in [3.63, 3.8) is 0 Å². The third kappa shape index (κ3) is 4.25. The Kier molecular flexibility index (Phi) is 5.83. The summed E-state index contributed by atoms with van der Waals surface area (Å²) in [5.74, 6) is 0.229. The molecule has 150 valence electrons. The van der Waals surface area contributed by atoms with Crippen LogP contribution in [0.15, 0.2) is 18.7 Å². The average Bonchev–Trinajstić information content (AvgIpc) is 3.26. The van der Waals surface area contributed by atoms with Gasteiger partial charge in [0.2, 0.25) is 11.9 Å². The van der Waals surface area contributed by atoms with E-state index in [-0.39, 0.29) is 17.7 Å². The van der Waals surface area contributed by atoms with E-state index in [0.717, 1.165) is 0 Å². The van der Waals surface area contributed by atoms with Gasteiger partial charge in [-0.15, -0.1) is 10.2 Å². The summed E-state index contributed by atoms with van der Waals surface area (Å²) in [5, 5.41) is 23.6. The van der Waals surface area contributed by atoms with Crippen molar-refractivity contribution < 1.29 is 14.7 Å². The third-order valence-corrected chi connectivity index (χ3v) is 4.89. The molecule has 0 spiro atoms. The molecule has 2 heterocycles. The second-order valence-corrected chi connectivity index (χ2v) is 6.91. The monoisotopic (exact) mass is 388 g/mol. The highest BCUT2D eigenvalue weighted by Crippen LogP contribution is 2.28. The zero-order valence-corrected chi connectivity index (χ0v) is 16.0. The number of carbonyl (C=O) groups excluding carboxylic acids is 2. The minimum absolute atomic E-state index is 0.0968. The van der Waals surface area contributed by atoms with Gasteiger partial charge in [-0.25, -0.2) is 9.97 Å². The fourth-order valence-corrected chi connectivity index (χ4v) is 3.25. The maximum atomic E-state index is 12.7. The van der Waals surface area contributed by atoms with Crippen LogP contribution in [-0.2, 0) is 18.4 Å². The molecule has 1 fully saturated rings. The molecule has 3 atom stereocenters. The molecule has 11 heteroatoms. The Morgan fingerprint density at radius 2 is 2.04 bits per heavy atom. The van der Waals surface area contributed by atoms with E-state index in [2.05, 4.69) is 30.8 Å². The maximum absolute atomic E-state index is 12.7. The Hall–Kier alpha value is -3.08. The number of nitrogens with zero attached hydrogens (tertiary/aromatic N) is 6. The molecular weight excluding hydrogens is 364 g/mol. The second-order valence-electron chi connectivity index (χ2n) is 6.91. The number of hydrogen-bond donors (Lipinski definition) is 3. The van der Waals surface area contributed by atoms with Gasteiger partial charge in [0.1, 0.15) is 6.33 Å². The van der Waals surface area contributed by atoms with E-state index in [9.17, 15) is 14.7 Å². The van der Waals surface area contributed by atoms with Crippen molar-refractivity contribution in [3.8, 4) is 0 Å². The lowest BCUT2D eigenvalue weighted by atomic mass is 10.1. The first-order valence-corrected chi connectivity index (χ1v) is 8.95. The van der Waals surface area contributed by atoms with Crippen LogP contribution in [-0.4, -0.2) is 72.8 Å². The molecule has 0 aromatic carbocycles. The molecule has 2 aromatic heterocycles. The van der Waals surface area contributed by atoms with Crippen LogP contribution in [0.3, 0.4) is 0 Å². The van der Waals surface area contributed by atoms with Crippen LogP contribution in [0.4, 0.5) is 5.95 Å². The first-order chi connectivity index (χ1) is 13.4. The number of amides is 2. The number of hydrogen-bond acceptors (Lipinski definition) is 8. The first kappa shape index (κ1) is 19.7. The van der Waals surface area contributed by atoms with Crippen LogP contribution in [0.25, 0.3) is 0 Å². The van der Waals surface area contributed by atoms with Crippen molar-refractivity contribution in [3.05, 3.63) is 30.1 Å². The van der Waals surface area contributed by atoms with Crippen LogP contribution in [0.1, 0.15) is 29.0 Å². The largest absolute Gasteiger partial charge is 0.391 e. The van der Waals surface area contributed by atoms with Gasteiger partial charge in [-0.05, 0) is 12.8 Å². The normalized spacial score (nSPS) is 21.4. The predicted molar refractivity (Wildman–Crippen MR) is 99.0 cm³/mol. The molecule has 11 nitrogen and oxygen atoms in total. The summed E-state index contributed by atoms with van der Waals surface area (Å²) in [5.41, 5.74) is 0.292. The zero-order valence-electron chi connectivity index (χ0n) is 16.0. The van der Waals surface area contributed by atoms with Gasteiger partial charge in [-0.2, -0.15) is 0 Å². The third-order valence-electron chi connectivity index (χ3n) is 4.89. The van der Waals surface area contributed by atoms with Crippen LogP contribution >= 0.6 is 0 Å². The van der Waals surface area contributed by atoms with Gasteiger partial charge in [0, 0.05) is 39.5 Å². The summed E-state index contributed by atoms with van der Waals surface area (Å²) in [6.45, 7) is 0.327. The molecule has 0 radical (unpaired) electrons. The minimum Gasteiger partial charge on any atom is -0.391 e. The molecule has 0 saturated heterocycles. The van der Waals surface area contributed by atoms with Crippen molar-refractivity contribution in [1.29, 1.82) is 0 Å². The van der Waals surface area contributed by atoms with E-state index in [1.54, 1.807) is 29.9 Å². The number of aliphatic hydroxyl groups excluding tert-OH is 1. The van der Waals surface area contributed by atoms with Gasteiger partial charge >= 0.3 is 0 Å². The number of aryl methyl sites for hydroxylation is 1. The number of aliphatic hydroxyl groups is 1. The van der Waals surface area contributed by atoms with Crippen molar-refractivity contribution in [1.82, 2.24) is 34.9 Å². The van der Waals surface area contributed by atoms with E-state index in [4.69, 9.17) is 0 Å². The van der Waals surface area contributed by atoms with Gasteiger partial charge in [0.25, 0.3) is 5.91 Å².